The van der Waals surface area contributed by atoms with Crippen LogP contribution in [-0.4, -0.2) is 25.9 Å². The van der Waals surface area contributed by atoms with Crippen molar-refractivity contribution in [2.24, 2.45) is 0 Å². The molecular formula is C12H14F3NO2. The number of benzene rings is 1. The first-order chi connectivity index (χ1) is 8.46. The summed E-state index contributed by atoms with van der Waals surface area (Å²) >= 11 is 0. The van der Waals surface area contributed by atoms with Gasteiger partial charge in [0.2, 0.25) is 0 Å². The molecule has 1 N–H and O–H groups in total. The van der Waals surface area contributed by atoms with Gasteiger partial charge in [-0.1, -0.05) is 6.07 Å². The molecule has 3 nitrogen and oxygen atoms in total. The largest absolute Gasteiger partial charge is 0.486 e. The minimum absolute atomic E-state index is 0.401. The van der Waals surface area contributed by atoms with Gasteiger partial charge in [-0.25, -0.2) is 0 Å². The molecular weight excluding hydrogens is 247 g/mol. The number of nitrogens with one attached hydrogen (secondary N) is 1. The maximum Gasteiger partial charge on any atom is 0.401 e. The van der Waals surface area contributed by atoms with E-state index >= 15 is 0 Å². The summed E-state index contributed by atoms with van der Waals surface area (Å²) in [5.74, 6) is 1.22. The van der Waals surface area contributed by atoms with E-state index in [1.165, 1.54) is 0 Å². The number of hydrogen-bond donors (Lipinski definition) is 1. The molecule has 0 saturated heterocycles. The number of halogens is 3. The lowest BCUT2D eigenvalue weighted by atomic mass is 10.1. The van der Waals surface area contributed by atoms with E-state index in [-0.39, 0.29) is 0 Å². The SMILES string of the molecule is CC(NCC(F)(F)F)c1ccc2c(c1)OCCO2. The fourth-order valence-electron chi connectivity index (χ4n) is 1.72. The Morgan fingerprint density at radius 2 is 1.89 bits per heavy atom. The maximum absolute atomic E-state index is 12.1. The van der Waals surface area contributed by atoms with E-state index < -0.39 is 18.8 Å². The lowest BCUT2D eigenvalue weighted by Crippen LogP contribution is -2.30. The average Bonchev–Trinajstić information content (AvgIpc) is 2.34. The van der Waals surface area contributed by atoms with Gasteiger partial charge in [-0.05, 0) is 24.6 Å². The van der Waals surface area contributed by atoms with Gasteiger partial charge >= 0.3 is 6.18 Å². The molecule has 0 amide bonds. The molecule has 0 aliphatic carbocycles. The number of alkyl halides is 3. The zero-order chi connectivity index (χ0) is 13.2. The van der Waals surface area contributed by atoms with Gasteiger partial charge in [0.15, 0.2) is 11.5 Å². The molecule has 0 fully saturated rings. The smallest absolute Gasteiger partial charge is 0.401 e. The zero-order valence-corrected chi connectivity index (χ0v) is 9.88. The average molecular weight is 261 g/mol. The van der Waals surface area contributed by atoms with Crippen molar-refractivity contribution in [1.29, 1.82) is 0 Å². The summed E-state index contributed by atoms with van der Waals surface area (Å²) in [5.41, 5.74) is 0.739. The minimum Gasteiger partial charge on any atom is -0.486 e. The molecule has 1 atom stereocenters. The Bertz CT molecular complexity index is 420. The quantitative estimate of drug-likeness (QED) is 0.907. The van der Waals surface area contributed by atoms with Crippen LogP contribution in [0.1, 0.15) is 18.5 Å². The fraction of sp³-hybridized carbons (Fsp3) is 0.500. The van der Waals surface area contributed by atoms with Crippen LogP contribution in [0, 0.1) is 0 Å². The van der Waals surface area contributed by atoms with E-state index in [4.69, 9.17) is 9.47 Å². The monoisotopic (exact) mass is 261 g/mol. The van der Waals surface area contributed by atoms with Crippen LogP contribution in [0.2, 0.25) is 0 Å². The van der Waals surface area contributed by atoms with E-state index in [2.05, 4.69) is 5.32 Å². The molecule has 1 aromatic rings. The van der Waals surface area contributed by atoms with Crippen LogP contribution in [0.5, 0.6) is 11.5 Å². The molecule has 1 heterocycles. The highest BCUT2D eigenvalue weighted by Crippen LogP contribution is 2.32. The van der Waals surface area contributed by atoms with Gasteiger partial charge in [0, 0.05) is 6.04 Å². The van der Waals surface area contributed by atoms with Crippen LogP contribution in [0.15, 0.2) is 18.2 Å². The normalized spacial score (nSPS) is 16.4. The third-order valence-corrected chi connectivity index (χ3v) is 2.67. The number of hydrogen-bond acceptors (Lipinski definition) is 3. The topological polar surface area (TPSA) is 30.5 Å². The molecule has 1 aliphatic rings. The molecule has 1 aliphatic heterocycles. The Morgan fingerprint density at radius 1 is 1.22 bits per heavy atom. The first-order valence-corrected chi connectivity index (χ1v) is 5.65. The van der Waals surface area contributed by atoms with Gasteiger partial charge in [-0.3, -0.25) is 0 Å². The van der Waals surface area contributed by atoms with E-state index in [0.29, 0.717) is 24.7 Å². The summed E-state index contributed by atoms with van der Waals surface area (Å²) < 4.78 is 47.0. The van der Waals surface area contributed by atoms with Crippen LogP contribution in [0.3, 0.4) is 0 Å². The van der Waals surface area contributed by atoms with Gasteiger partial charge < -0.3 is 14.8 Å². The standard InChI is InChI=1S/C12H14F3NO2/c1-8(16-7-12(13,14)15)9-2-3-10-11(6-9)18-5-4-17-10/h2-3,6,8,16H,4-5,7H2,1H3. The van der Waals surface area contributed by atoms with Crippen molar-refractivity contribution >= 4 is 0 Å². The second-order valence-corrected chi connectivity index (χ2v) is 4.12. The molecule has 1 aromatic carbocycles. The van der Waals surface area contributed by atoms with Gasteiger partial charge in [0.05, 0.1) is 6.54 Å². The molecule has 100 valence electrons. The van der Waals surface area contributed by atoms with Crippen molar-refractivity contribution < 1.29 is 22.6 Å². The molecule has 2 rings (SSSR count). The van der Waals surface area contributed by atoms with Crippen molar-refractivity contribution in [1.82, 2.24) is 5.32 Å². The molecule has 6 heteroatoms. The molecule has 0 aromatic heterocycles. The van der Waals surface area contributed by atoms with E-state index in [0.717, 1.165) is 5.56 Å². The van der Waals surface area contributed by atoms with E-state index in [1.807, 2.05) is 0 Å². The highest BCUT2D eigenvalue weighted by Gasteiger charge is 2.27. The Morgan fingerprint density at radius 3 is 2.56 bits per heavy atom. The molecule has 0 radical (unpaired) electrons. The van der Waals surface area contributed by atoms with Gasteiger partial charge in [0.1, 0.15) is 13.2 Å². The maximum atomic E-state index is 12.1. The van der Waals surface area contributed by atoms with Crippen LogP contribution < -0.4 is 14.8 Å². The third-order valence-electron chi connectivity index (χ3n) is 2.67. The predicted molar refractivity (Wildman–Crippen MR) is 59.9 cm³/mol. The summed E-state index contributed by atoms with van der Waals surface area (Å²) in [6.45, 7) is 1.62. The summed E-state index contributed by atoms with van der Waals surface area (Å²) in [6, 6.07) is 4.77. The van der Waals surface area contributed by atoms with E-state index in [1.54, 1.807) is 25.1 Å². The Balaban J connectivity index is 2.04. The van der Waals surface area contributed by atoms with Gasteiger partial charge in [0.25, 0.3) is 0 Å². The van der Waals surface area contributed by atoms with Crippen LogP contribution >= 0.6 is 0 Å². The highest BCUT2D eigenvalue weighted by atomic mass is 19.4. The highest BCUT2D eigenvalue weighted by molar-refractivity contribution is 5.44. The number of ether oxygens (including phenoxy) is 2. The fourth-order valence-corrected chi connectivity index (χ4v) is 1.72. The summed E-state index contributed by atoms with van der Waals surface area (Å²) in [5, 5.41) is 2.42. The molecule has 18 heavy (non-hydrogen) atoms. The van der Waals surface area contributed by atoms with Gasteiger partial charge in [-0.15, -0.1) is 0 Å². The van der Waals surface area contributed by atoms with Crippen LogP contribution in [-0.2, 0) is 0 Å². The number of fused-ring (bicyclic) bond motifs is 1. The van der Waals surface area contributed by atoms with Crippen LogP contribution in [0.4, 0.5) is 13.2 Å². The van der Waals surface area contributed by atoms with Crippen molar-refractivity contribution in [2.45, 2.75) is 19.1 Å². The molecule has 1 unspecified atom stereocenters. The summed E-state index contributed by atoms with van der Waals surface area (Å²) in [6.07, 6.45) is -4.21. The van der Waals surface area contributed by atoms with E-state index in [9.17, 15) is 13.2 Å². The summed E-state index contributed by atoms with van der Waals surface area (Å²) in [7, 11) is 0. The second-order valence-electron chi connectivity index (χ2n) is 4.12. The third kappa shape index (κ3) is 3.29. The zero-order valence-electron chi connectivity index (χ0n) is 9.88. The lowest BCUT2D eigenvalue weighted by Gasteiger charge is -2.21. The molecule has 0 saturated carbocycles. The molecule has 0 bridgehead atoms. The van der Waals surface area contributed by atoms with Gasteiger partial charge in [-0.2, -0.15) is 13.2 Å². The Hall–Kier alpha value is -1.43. The van der Waals surface area contributed by atoms with Crippen molar-refractivity contribution in [2.75, 3.05) is 19.8 Å². The molecule has 0 spiro atoms. The minimum atomic E-state index is -4.21. The van der Waals surface area contributed by atoms with Crippen molar-refractivity contribution in [3.63, 3.8) is 0 Å². The number of rotatable bonds is 3. The van der Waals surface area contributed by atoms with Crippen LogP contribution in [0.25, 0.3) is 0 Å². The predicted octanol–water partition coefficient (Wildman–Crippen LogP) is 2.67. The van der Waals surface area contributed by atoms with Crippen molar-refractivity contribution in [3.05, 3.63) is 23.8 Å². The Kier molecular flexibility index (Phi) is 3.65. The lowest BCUT2D eigenvalue weighted by molar-refractivity contribution is -0.126. The first-order valence-electron chi connectivity index (χ1n) is 5.65. The van der Waals surface area contributed by atoms with Crippen molar-refractivity contribution in [3.8, 4) is 11.5 Å². The summed E-state index contributed by atoms with van der Waals surface area (Å²) in [4.78, 5) is 0. The Labute approximate surface area is 103 Å². The first kappa shape index (κ1) is 13.0. The second kappa shape index (κ2) is 5.06.